The molecule has 0 heterocycles. The van der Waals surface area contributed by atoms with Gasteiger partial charge in [0, 0.05) is 33.2 Å². The Morgan fingerprint density at radius 3 is 2.27 bits per heavy atom. The molecule has 0 N–H and O–H groups in total. The standard InChI is InChI=1S/C10H13N3O2/c1-5-6-9(11-3)10(12-4)7-8(2)13(14)15/h6-7H,1H2,2-4H3/b8-7+,11-9?,12-10?. The van der Waals surface area contributed by atoms with Crippen molar-refractivity contribution in [1.29, 1.82) is 0 Å². The normalized spacial score (nSPS) is 13.4. The molecule has 0 unspecified atom stereocenters. The van der Waals surface area contributed by atoms with Crippen molar-refractivity contribution in [1.82, 2.24) is 0 Å². The van der Waals surface area contributed by atoms with Gasteiger partial charge in [0.05, 0.1) is 16.3 Å². The number of nitrogens with zero attached hydrogens (tertiary/aromatic N) is 3. The summed E-state index contributed by atoms with van der Waals surface area (Å²) in [7, 11) is 3.12. The van der Waals surface area contributed by atoms with Crippen molar-refractivity contribution in [2.45, 2.75) is 6.92 Å². The highest BCUT2D eigenvalue weighted by molar-refractivity contribution is 6.50. The Hall–Kier alpha value is -2.00. The van der Waals surface area contributed by atoms with Gasteiger partial charge in [-0.15, -0.1) is 5.73 Å². The van der Waals surface area contributed by atoms with E-state index in [0.29, 0.717) is 11.4 Å². The summed E-state index contributed by atoms with van der Waals surface area (Å²) in [5.41, 5.74) is 3.50. The molecule has 0 bridgehead atoms. The molecule has 0 amide bonds. The highest BCUT2D eigenvalue weighted by Gasteiger charge is 2.07. The molecule has 0 saturated carbocycles. The van der Waals surface area contributed by atoms with Crippen LogP contribution < -0.4 is 0 Å². The number of aliphatic imine (C=N–C) groups is 2. The van der Waals surface area contributed by atoms with Crippen molar-refractivity contribution in [3.8, 4) is 0 Å². The van der Waals surface area contributed by atoms with Gasteiger partial charge in [-0.1, -0.05) is 6.58 Å². The Morgan fingerprint density at radius 1 is 1.40 bits per heavy atom. The summed E-state index contributed by atoms with van der Waals surface area (Å²) in [6, 6.07) is 0. The first-order chi connectivity index (χ1) is 7.06. The zero-order valence-corrected chi connectivity index (χ0v) is 9.02. The summed E-state index contributed by atoms with van der Waals surface area (Å²) in [4.78, 5) is 17.8. The van der Waals surface area contributed by atoms with E-state index < -0.39 is 4.92 Å². The van der Waals surface area contributed by atoms with Gasteiger partial charge < -0.3 is 0 Å². The lowest BCUT2D eigenvalue weighted by Crippen LogP contribution is -2.11. The molecule has 0 aliphatic heterocycles. The van der Waals surface area contributed by atoms with Gasteiger partial charge in [0.25, 0.3) is 0 Å². The zero-order chi connectivity index (χ0) is 11.8. The molecule has 0 aliphatic carbocycles. The van der Waals surface area contributed by atoms with Gasteiger partial charge in [-0.05, 0) is 0 Å². The van der Waals surface area contributed by atoms with Crippen LogP contribution in [0.15, 0.2) is 40.1 Å². The van der Waals surface area contributed by atoms with Crippen molar-refractivity contribution in [3.63, 3.8) is 0 Å². The highest BCUT2D eigenvalue weighted by atomic mass is 16.6. The predicted octanol–water partition coefficient (Wildman–Crippen LogP) is 1.65. The third-order valence-corrected chi connectivity index (χ3v) is 1.62. The van der Waals surface area contributed by atoms with Crippen LogP contribution in [-0.4, -0.2) is 30.4 Å². The van der Waals surface area contributed by atoms with E-state index in [1.807, 2.05) is 0 Å². The summed E-state index contributed by atoms with van der Waals surface area (Å²) in [5, 5.41) is 10.4. The van der Waals surface area contributed by atoms with Gasteiger partial charge in [-0.25, -0.2) is 0 Å². The molecule has 15 heavy (non-hydrogen) atoms. The fraction of sp³-hybridized carbons (Fsp3) is 0.300. The number of nitro groups is 1. The van der Waals surface area contributed by atoms with E-state index in [0.717, 1.165) is 0 Å². The molecule has 0 rings (SSSR count). The van der Waals surface area contributed by atoms with Gasteiger partial charge >= 0.3 is 0 Å². The largest absolute Gasteiger partial charge is 0.286 e. The quantitative estimate of drug-likeness (QED) is 0.304. The van der Waals surface area contributed by atoms with Crippen LogP contribution in [0.25, 0.3) is 0 Å². The topological polar surface area (TPSA) is 67.9 Å². The molecule has 0 aromatic carbocycles. The van der Waals surface area contributed by atoms with E-state index >= 15 is 0 Å². The minimum Gasteiger partial charge on any atom is -0.286 e. The van der Waals surface area contributed by atoms with Crippen LogP contribution in [0.4, 0.5) is 0 Å². The number of hydrogen-bond acceptors (Lipinski definition) is 4. The first-order valence-corrected chi connectivity index (χ1v) is 4.19. The van der Waals surface area contributed by atoms with Crippen LogP contribution in [0.1, 0.15) is 6.92 Å². The van der Waals surface area contributed by atoms with E-state index in [-0.39, 0.29) is 5.70 Å². The average molecular weight is 207 g/mol. The maximum atomic E-state index is 10.4. The van der Waals surface area contributed by atoms with E-state index in [4.69, 9.17) is 0 Å². The van der Waals surface area contributed by atoms with Crippen LogP contribution in [0.3, 0.4) is 0 Å². The minimum absolute atomic E-state index is 0.00853. The van der Waals surface area contributed by atoms with Crippen LogP contribution in [0, 0.1) is 10.1 Å². The molecule has 0 aliphatic rings. The van der Waals surface area contributed by atoms with Gasteiger partial charge in [0.1, 0.15) is 0 Å². The third-order valence-electron chi connectivity index (χ3n) is 1.62. The lowest BCUT2D eigenvalue weighted by atomic mass is 10.2. The number of rotatable bonds is 4. The van der Waals surface area contributed by atoms with Gasteiger partial charge in [-0.3, -0.25) is 20.1 Å². The second-order valence-electron chi connectivity index (χ2n) is 2.61. The summed E-state index contributed by atoms with van der Waals surface area (Å²) >= 11 is 0. The van der Waals surface area contributed by atoms with E-state index in [1.165, 1.54) is 19.1 Å². The van der Waals surface area contributed by atoms with Crippen LogP contribution in [0.5, 0.6) is 0 Å². The zero-order valence-electron chi connectivity index (χ0n) is 9.02. The summed E-state index contributed by atoms with van der Waals surface area (Å²) < 4.78 is 0. The van der Waals surface area contributed by atoms with Crippen molar-refractivity contribution in [2.24, 2.45) is 9.98 Å². The van der Waals surface area contributed by atoms with Crippen LogP contribution >= 0.6 is 0 Å². The fourth-order valence-corrected chi connectivity index (χ4v) is 0.853. The van der Waals surface area contributed by atoms with E-state index in [2.05, 4.69) is 22.3 Å². The van der Waals surface area contributed by atoms with Crippen molar-refractivity contribution in [2.75, 3.05) is 14.1 Å². The molecule has 0 aromatic heterocycles. The molecule has 5 heteroatoms. The summed E-state index contributed by atoms with van der Waals surface area (Å²) in [6.07, 6.45) is 2.88. The van der Waals surface area contributed by atoms with Gasteiger partial charge in [0.2, 0.25) is 5.70 Å². The number of allylic oxidation sites excluding steroid dienone is 3. The molecule has 0 aromatic rings. The van der Waals surface area contributed by atoms with Gasteiger partial charge in [0.15, 0.2) is 0 Å². The molecule has 0 atom stereocenters. The van der Waals surface area contributed by atoms with E-state index in [1.54, 1.807) is 14.1 Å². The lowest BCUT2D eigenvalue weighted by Gasteiger charge is -1.98. The number of hydrogen-bond donors (Lipinski definition) is 0. The van der Waals surface area contributed by atoms with Crippen molar-refractivity contribution in [3.05, 3.63) is 40.3 Å². The maximum Gasteiger partial charge on any atom is 0.245 e. The molecule has 0 spiro atoms. The Morgan fingerprint density at radius 2 is 1.93 bits per heavy atom. The van der Waals surface area contributed by atoms with E-state index in [9.17, 15) is 10.1 Å². The smallest absolute Gasteiger partial charge is 0.245 e. The van der Waals surface area contributed by atoms with Crippen molar-refractivity contribution < 1.29 is 4.92 Å². The monoisotopic (exact) mass is 207 g/mol. The average Bonchev–Trinajstić information content (AvgIpc) is 2.22. The Bertz CT molecular complexity index is 385. The maximum absolute atomic E-state index is 10.4. The fourth-order valence-electron chi connectivity index (χ4n) is 0.853. The second kappa shape index (κ2) is 6.45. The SMILES string of the molecule is C=C=CC(=NC)C(/C=C(\C)[N+](=O)[O-])=NC. The summed E-state index contributed by atoms with van der Waals surface area (Å²) in [5.74, 6) is 0. The molecule has 0 saturated heterocycles. The molecule has 5 nitrogen and oxygen atoms in total. The Kier molecular flexibility index (Phi) is 5.59. The highest BCUT2D eigenvalue weighted by Crippen LogP contribution is 1.97. The van der Waals surface area contributed by atoms with Crippen LogP contribution in [0.2, 0.25) is 0 Å². The van der Waals surface area contributed by atoms with Crippen molar-refractivity contribution >= 4 is 11.4 Å². The Labute approximate surface area is 88.4 Å². The second-order valence-corrected chi connectivity index (χ2v) is 2.61. The molecular weight excluding hydrogens is 194 g/mol. The Balaban J connectivity index is 5.20. The molecular formula is C10H13N3O2. The first-order valence-electron chi connectivity index (χ1n) is 4.19. The molecule has 80 valence electrons. The summed E-state index contributed by atoms with van der Waals surface area (Å²) in [6.45, 7) is 4.81. The minimum atomic E-state index is -0.476. The third kappa shape index (κ3) is 4.15. The molecule has 0 fully saturated rings. The first kappa shape index (κ1) is 13.0. The predicted molar refractivity (Wildman–Crippen MR) is 61.2 cm³/mol. The van der Waals surface area contributed by atoms with Crippen LogP contribution in [-0.2, 0) is 0 Å². The lowest BCUT2D eigenvalue weighted by molar-refractivity contribution is -0.424. The van der Waals surface area contributed by atoms with Gasteiger partial charge in [-0.2, -0.15) is 0 Å². The molecule has 0 radical (unpaired) electrons.